The summed E-state index contributed by atoms with van der Waals surface area (Å²) in [7, 11) is 0. The van der Waals surface area contributed by atoms with Crippen LogP contribution in [0, 0.1) is 0 Å². The van der Waals surface area contributed by atoms with Crippen LogP contribution in [-0.4, -0.2) is 28.0 Å². The van der Waals surface area contributed by atoms with Crippen molar-refractivity contribution in [3.8, 4) is 6.01 Å². The molecule has 0 amide bonds. The summed E-state index contributed by atoms with van der Waals surface area (Å²) in [5, 5.41) is 7.92. The summed E-state index contributed by atoms with van der Waals surface area (Å²) in [5.74, 6) is 0. The summed E-state index contributed by atoms with van der Waals surface area (Å²) in [6, 6.07) is 11.7. The molecule has 0 radical (unpaired) electrons. The van der Waals surface area contributed by atoms with E-state index in [1.165, 1.54) is 6.92 Å². The molecule has 5 rings (SSSR count). The van der Waals surface area contributed by atoms with Gasteiger partial charge in [-0.1, -0.05) is 35.4 Å². The van der Waals surface area contributed by atoms with Gasteiger partial charge in [0, 0.05) is 5.41 Å². The molecule has 37 heavy (non-hydrogen) atoms. The second-order valence-electron chi connectivity index (χ2n) is 9.94. The Morgan fingerprint density at radius 3 is 2.16 bits per heavy atom. The number of hydrogen-bond donors (Lipinski definition) is 0. The van der Waals surface area contributed by atoms with Crippen LogP contribution in [0.4, 0.5) is 26.3 Å². The van der Waals surface area contributed by atoms with E-state index < -0.39 is 35.0 Å². The SMILES string of the molecule is C[C@@H](OC[C@]1(c2ccccc2)CC[C@@]2(CC1)COc1nncn12)c1cc(C(F)(F)F)cc(C(F)(F)F)c1. The molecule has 1 saturated carbocycles. The first-order chi connectivity index (χ1) is 17.4. The van der Waals surface area contributed by atoms with Crippen molar-refractivity contribution in [3.05, 3.63) is 77.1 Å². The van der Waals surface area contributed by atoms with E-state index in [-0.39, 0.29) is 23.8 Å². The maximum Gasteiger partial charge on any atom is 0.416 e. The van der Waals surface area contributed by atoms with Gasteiger partial charge in [-0.2, -0.15) is 26.3 Å². The quantitative estimate of drug-likeness (QED) is 0.348. The maximum absolute atomic E-state index is 13.4. The molecule has 1 aromatic heterocycles. The van der Waals surface area contributed by atoms with Crippen LogP contribution < -0.4 is 4.74 Å². The van der Waals surface area contributed by atoms with Crippen molar-refractivity contribution in [3.63, 3.8) is 0 Å². The lowest BCUT2D eigenvalue weighted by atomic mass is 9.64. The zero-order valence-electron chi connectivity index (χ0n) is 19.9. The van der Waals surface area contributed by atoms with E-state index in [0.29, 0.717) is 25.5 Å². The monoisotopic (exact) mass is 525 g/mol. The number of rotatable bonds is 5. The molecule has 0 N–H and O–H groups in total. The fourth-order valence-corrected chi connectivity index (χ4v) is 5.40. The molecular formula is C26H25F6N3O2. The lowest BCUT2D eigenvalue weighted by Gasteiger charge is -2.45. The molecule has 0 bridgehead atoms. The van der Waals surface area contributed by atoms with Crippen LogP contribution in [-0.2, 0) is 28.0 Å². The third-order valence-corrected chi connectivity index (χ3v) is 7.71. The van der Waals surface area contributed by atoms with Crippen molar-refractivity contribution in [1.82, 2.24) is 14.8 Å². The van der Waals surface area contributed by atoms with Gasteiger partial charge in [0.15, 0.2) is 0 Å². The van der Waals surface area contributed by atoms with Crippen LogP contribution in [0.3, 0.4) is 0 Å². The Bertz CT molecular complexity index is 1210. The average molecular weight is 525 g/mol. The predicted molar refractivity (Wildman–Crippen MR) is 121 cm³/mol. The lowest BCUT2D eigenvalue weighted by Crippen LogP contribution is -2.45. The van der Waals surface area contributed by atoms with Gasteiger partial charge in [-0.3, -0.25) is 4.57 Å². The Hall–Kier alpha value is -3.08. The Morgan fingerprint density at radius 1 is 0.946 bits per heavy atom. The van der Waals surface area contributed by atoms with Crippen molar-refractivity contribution in [2.75, 3.05) is 13.2 Å². The van der Waals surface area contributed by atoms with Crippen LogP contribution in [0.5, 0.6) is 6.01 Å². The fourth-order valence-electron chi connectivity index (χ4n) is 5.40. The number of benzene rings is 2. The standard InChI is InChI=1S/C26H25F6N3O2/c1-17(18-11-20(25(27,28)29)13-21(12-18)26(30,31)32)36-14-23(19-5-3-2-4-6-19)7-9-24(10-8-23)15-37-22-34-33-16-35(22)24/h2-6,11-13,16-17H,7-10,14-15H2,1H3/t17-,23-,24+/m1/s1. The number of alkyl halides is 6. The first kappa shape index (κ1) is 25.6. The normalized spacial score (nSPS) is 24.6. The van der Waals surface area contributed by atoms with Crippen LogP contribution in [0.1, 0.15) is 61.0 Å². The molecule has 1 aliphatic heterocycles. The van der Waals surface area contributed by atoms with E-state index in [2.05, 4.69) is 10.2 Å². The third-order valence-electron chi connectivity index (χ3n) is 7.71. The Labute approximate surface area is 209 Å². The van der Waals surface area contributed by atoms with Crippen molar-refractivity contribution in [1.29, 1.82) is 0 Å². The average Bonchev–Trinajstić information content (AvgIpc) is 3.47. The van der Waals surface area contributed by atoms with E-state index >= 15 is 0 Å². The minimum atomic E-state index is -4.91. The number of aromatic nitrogens is 3. The zero-order valence-corrected chi connectivity index (χ0v) is 19.9. The van der Waals surface area contributed by atoms with Crippen molar-refractivity contribution in [2.24, 2.45) is 0 Å². The molecular weight excluding hydrogens is 500 g/mol. The molecule has 2 aliphatic rings. The highest BCUT2D eigenvalue weighted by molar-refractivity contribution is 5.35. The molecule has 0 saturated heterocycles. The summed E-state index contributed by atoms with van der Waals surface area (Å²) < 4.78 is 93.9. The minimum absolute atomic E-state index is 0.130. The molecule has 5 nitrogen and oxygen atoms in total. The van der Waals surface area contributed by atoms with Gasteiger partial charge in [0.05, 0.1) is 29.4 Å². The molecule has 0 unspecified atom stereocenters. The van der Waals surface area contributed by atoms with Crippen LogP contribution in [0.15, 0.2) is 54.9 Å². The first-order valence-corrected chi connectivity index (χ1v) is 11.9. The van der Waals surface area contributed by atoms with E-state index in [4.69, 9.17) is 9.47 Å². The Morgan fingerprint density at radius 2 is 1.57 bits per heavy atom. The minimum Gasteiger partial charge on any atom is -0.461 e. The van der Waals surface area contributed by atoms with E-state index in [1.807, 2.05) is 34.9 Å². The number of halogens is 6. The number of fused-ring (bicyclic) bond motifs is 2. The summed E-state index contributed by atoms with van der Waals surface area (Å²) in [4.78, 5) is 0. The third kappa shape index (κ3) is 4.81. The second-order valence-corrected chi connectivity index (χ2v) is 9.94. The second kappa shape index (κ2) is 9.04. The molecule has 3 aromatic rings. The molecule has 1 aliphatic carbocycles. The van der Waals surface area contributed by atoms with Gasteiger partial charge in [0.2, 0.25) is 0 Å². The van der Waals surface area contributed by atoms with Gasteiger partial charge in [-0.05, 0) is 61.9 Å². The highest BCUT2D eigenvalue weighted by Crippen LogP contribution is 2.50. The highest BCUT2D eigenvalue weighted by Gasteiger charge is 2.49. The number of nitrogens with zero attached hydrogens (tertiary/aromatic N) is 3. The topological polar surface area (TPSA) is 49.2 Å². The Kier molecular flexibility index (Phi) is 6.24. The van der Waals surface area contributed by atoms with Gasteiger partial charge < -0.3 is 9.47 Å². The largest absolute Gasteiger partial charge is 0.461 e. The van der Waals surface area contributed by atoms with Gasteiger partial charge >= 0.3 is 18.4 Å². The van der Waals surface area contributed by atoms with Crippen LogP contribution in [0.2, 0.25) is 0 Å². The molecule has 2 aromatic carbocycles. The van der Waals surface area contributed by atoms with Crippen molar-refractivity contribution < 1.29 is 35.8 Å². The molecule has 1 spiro atoms. The molecule has 2 heterocycles. The van der Waals surface area contributed by atoms with E-state index in [0.717, 1.165) is 30.5 Å². The fraction of sp³-hybridized carbons (Fsp3) is 0.462. The Balaban J connectivity index is 1.40. The molecule has 1 atom stereocenters. The summed E-state index contributed by atoms with van der Waals surface area (Å²) in [5.41, 5.74) is -2.61. The lowest BCUT2D eigenvalue weighted by molar-refractivity contribution is -0.143. The maximum atomic E-state index is 13.4. The van der Waals surface area contributed by atoms with E-state index in [9.17, 15) is 26.3 Å². The zero-order chi connectivity index (χ0) is 26.5. The number of ether oxygens (including phenoxy) is 2. The predicted octanol–water partition coefficient (Wildman–Crippen LogP) is 6.69. The van der Waals surface area contributed by atoms with Gasteiger partial charge in [-0.25, -0.2) is 0 Å². The highest BCUT2D eigenvalue weighted by atomic mass is 19.4. The first-order valence-electron chi connectivity index (χ1n) is 11.9. The summed E-state index contributed by atoms with van der Waals surface area (Å²) in [6.07, 6.45) is -6.34. The van der Waals surface area contributed by atoms with Gasteiger partial charge in [0.25, 0.3) is 0 Å². The van der Waals surface area contributed by atoms with Crippen molar-refractivity contribution in [2.45, 2.75) is 62.0 Å². The molecule has 11 heteroatoms. The smallest absolute Gasteiger partial charge is 0.416 e. The van der Waals surface area contributed by atoms with Crippen LogP contribution in [0.25, 0.3) is 0 Å². The van der Waals surface area contributed by atoms with E-state index in [1.54, 1.807) is 6.33 Å². The molecule has 1 fully saturated rings. The van der Waals surface area contributed by atoms with Crippen molar-refractivity contribution >= 4 is 0 Å². The van der Waals surface area contributed by atoms with Gasteiger partial charge in [-0.15, -0.1) is 5.10 Å². The summed E-state index contributed by atoms with van der Waals surface area (Å²) in [6.45, 7) is 2.10. The van der Waals surface area contributed by atoms with Crippen LogP contribution >= 0.6 is 0 Å². The van der Waals surface area contributed by atoms with Gasteiger partial charge in [0.1, 0.15) is 12.9 Å². The molecule has 198 valence electrons. The summed E-state index contributed by atoms with van der Waals surface area (Å²) >= 11 is 0. The number of hydrogen-bond acceptors (Lipinski definition) is 4.